The number of anilines is 1. The number of hydrogen-bond acceptors (Lipinski definition) is 6. The summed E-state index contributed by atoms with van der Waals surface area (Å²) in [6, 6.07) is 0.639. The van der Waals surface area contributed by atoms with Gasteiger partial charge >= 0.3 is 12.0 Å². The molecule has 0 atom stereocenters. The highest BCUT2D eigenvalue weighted by Crippen LogP contribution is 2.36. The smallest absolute Gasteiger partial charge is 0.324 e. The third kappa shape index (κ3) is 4.72. The number of nitrogens with one attached hydrogen (secondary N) is 1. The van der Waals surface area contributed by atoms with Crippen molar-refractivity contribution in [2.45, 2.75) is 59.0 Å². The van der Waals surface area contributed by atoms with E-state index in [-0.39, 0.29) is 12.1 Å². The van der Waals surface area contributed by atoms with Crippen LogP contribution in [0.3, 0.4) is 0 Å². The molecule has 1 aliphatic carbocycles. The van der Waals surface area contributed by atoms with Crippen molar-refractivity contribution in [3.63, 3.8) is 0 Å². The van der Waals surface area contributed by atoms with Crippen LogP contribution in [-0.4, -0.2) is 34.7 Å². The quantitative estimate of drug-likeness (QED) is 0.869. The Hall–Kier alpha value is -1.59. The monoisotopic (exact) mass is 294 g/mol. The Kier molecular flexibility index (Phi) is 5.20. The topological polar surface area (TPSA) is 69.2 Å². The molecule has 0 aliphatic heterocycles. The predicted molar refractivity (Wildman–Crippen MR) is 81.8 cm³/mol. The Bertz CT molecular complexity index is 455. The summed E-state index contributed by atoms with van der Waals surface area (Å²) in [6.07, 6.45) is 5.60. The first kappa shape index (κ1) is 15.8. The van der Waals surface area contributed by atoms with Gasteiger partial charge in [-0.2, -0.15) is 9.97 Å². The lowest BCUT2D eigenvalue weighted by atomic mass is 9.76. The zero-order chi connectivity index (χ0) is 15.3. The van der Waals surface area contributed by atoms with Crippen LogP contribution in [0.2, 0.25) is 0 Å². The molecule has 0 spiro atoms. The van der Waals surface area contributed by atoms with Crippen LogP contribution in [0.15, 0.2) is 0 Å². The van der Waals surface area contributed by atoms with Gasteiger partial charge in [0.05, 0.1) is 7.11 Å². The van der Waals surface area contributed by atoms with Crippen LogP contribution in [0.4, 0.5) is 5.95 Å². The van der Waals surface area contributed by atoms with Crippen LogP contribution in [0.1, 0.15) is 52.9 Å². The SMILES string of the molecule is CCCNc1nc(OC)nc(OC2CCC(C)(C)CC2)n1. The average Bonchev–Trinajstić information content (AvgIpc) is 2.47. The number of nitrogens with zero attached hydrogens (tertiary/aromatic N) is 3. The maximum atomic E-state index is 5.93. The molecule has 2 rings (SSSR count). The fourth-order valence-electron chi connectivity index (χ4n) is 2.44. The van der Waals surface area contributed by atoms with Gasteiger partial charge in [-0.05, 0) is 37.5 Å². The second-order valence-electron chi connectivity index (χ2n) is 6.34. The fourth-order valence-corrected chi connectivity index (χ4v) is 2.44. The molecule has 0 radical (unpaired) electrons. The second-order valence-corrected chi connectivity index (χ2v) is 6.34. The molecule has 0 bridgehead atoms. The van der Waals surface area contributed by atoms with Crippen LogP contribution < -0.4 is 14.8 Å². The van der Waals surface area contributed by atoms with Gasteiger partial charge < -0.3 is 14.8 Å². The Morgan fingerprint density at radius 2 is 1.81 bits per heavy atom. The molecule has 1 aromatic rings. The molecular formula is C15H26N4O2. The van der Waals surface area contributed by atoms with Crippen LogP contribution in [0, 0.1) is 5.41 Å². The second kappa shape index (κ2) is 6.91. The number of methoxy groups -OCH3 is 1. The van der Waals surface area contributed by atoms with Crippen molar-refractivity contribution in [2.24, 2.45) is 5.41 Å². The van der Waals surface area contributed by atoms with Crippen molar-refractivity contribution in [2.75, 3.05) is 19.0 Å². The van der Waals surface area contributed by atoms with Gasteiger partial charge in [0.15, 0.2) is 0 Å². The minimum Gasteiger partial charge on any atom is -0.467 e. The van der Waals surface area contributed by atoms with Crippen molar-refractivity contribution in [1.82, 2.24) is 15.0 Å². The van der Waals surface area contributed by atoms with Gasteiger partial charge in [0, 0.05) is 6.54 Å². The highest BCUT2D eigenvalue weighted by atomic mass is 16.5. The molecule has 118 valence electrons. The van der Waals surface area contributed by atoms with Gasteiger partial charge in [-0.25, -0.2) is 0 Å². The summed E-state index contributed by atoms with van der Waals surface area (Å²) in [5, 5.41) is 3.14. The van der Waals surface area contributed by atoms with E-state index in [0.717, 1.165) is 25.8 Å². The minimum atomic E-state index is 0.184. The largest absolute Gasteiger partial charge is 0.467 e. The summed E-state index contributed by atoms with van der Waals surface area (Å²) in [7, 11) is 1.55. The Labute approximate surface area is 126 Å². The summed E-state index contributed by atoms with van der Waals surface area (Å²) >= 11 is 0. The van der Waals surface area contributed by atoms with Gasteiger partial charge in [0.2, 0.25) is 5.95 Å². The third-order valence-corrected chi connectivity index (χ3v) is 3.87. The zero-order valence-corrected chi connectivity index (χ0v) is 13.5. The van der Waals surface area contributed by atoms with Crippen molar-refractivity contribution in [3.8, 4) is 12.0 Å². The molecule has 1 N–H and O–H groups in total. The Balaban J connectivity index is 2.01. The lowest BCUT2D eigenvalue weighted by Gasteiger charge is -2.33. The molecular weight excluding hydrogens is 268 g/mol. The molecule has 0 unspecified atom stereocenters. The molecule has 1 heterocycles. The van der Waals surface area contributed by atoms with Gasteiger partial charge in [-0.15, -0.1) is 4.98 Å². The molecule has 0 amide bonds. The van der Waals surface area contributed by atoms with E-state index in [1.165, 1.54) is 12.8 Å². The number of ether oxygens (including phenoxy) is 2. The molecule has 6 nitrogen and oxygen atoms in total. The maximum absolute atomic E-state index is 5.93. The fraction of sp³-hybridized carbons (Fsp3) is 0.800. The van der Waals surface area contributed by atoms with E-state index in [1.807, 2.05) is 0 Å². The van der Waals surface area contributed by atoms with Crippen molar-refractivity contribution < 1.29 is 9.47 Å². The van der Waals surface area contributed by atoms with E-state index in [2.05, 4.69) is 41.0 Å². The summed E-state index contributed by atoms with van der Waals surface area (Å²) < 4.78 is 11.0. The van der Waals surface area contributed by atoms with E-state index in [4.69, 9.17) is 9.47 Å². The molecule has 1 fully saturated rings. The highest BCUT2D eigenvalue weighted by Gasteiger charge is 2.28. The first-order chi connectivity index (χ1) is 10.0. The zero-order valence-electron chi connectivity index (χ0n) is 13.5. The molecule has 1 aromatic heterocycles. The van der Waals surface area contributed by atoms with Gasteiger partial charge in [-0.1, -0.05) is 20.8 Å². The number of aromatic nitrogens is 3. The summed E-state index contributed by atoms with van der Waals surface area (Å²) in [5.74, 6) is 0.509. The average molecular weight is 294 g/mol. The third-order valence-electron chi connectivity index (χ3n) is 3.87. The Morgan fingerprint density at radius 3 is 2.43 bits per heavy atom. The van der Waals surface area contributed by atoms with Crippen molar-refractivity contribution in [1.29, 1.82) is 0 Å². The predicted octanol–water partition coefficient (Wildman–Crippen LogP) is 3.05. The number of rotatable bonds is 6. The van der Waals surface area contributed by atoms with Gasteiger partial charge in [0.25, 0.3) is 0 Å². The van der Waals surface area contributed by atoms with E-state index in [1.54, 1.807) is 7.11 Å². The first-order valence-electron chi connectivity index (χ1n) is 7.73. The van der Waals surface area contributed by atoms with E-state index in [9.17, 15) is 0 Å². The van der Waals surface area contributed by atoms with Crippen molar-refractivity contribution >= 4 is 5.95 Å². The van der Waals surface area contributed by atoms with Crippen LogP contribution in [0.25, 0.3) is 0 Å². The molecule has 0 aromatic carbocycles. The summed E-state index contributed by atoms with van der Waals surface area (Å²) in [4.78, 5) is 12.7. The van der Waals surface area contributed by atoms with Crippen LogP contribution >= 0.6 is 0 Å². The standard InChI is InChI=1S/C15H26N4O2/c1-5-10-16-12-17-13(20-4)19-14(18-12)21-11-6-8-15(2,3)9-7-11/h11H,5-10H2,1-4H3,(H,16,17,18,19). The lowest BCUT2D eigenvalue weighted by molar-refractivity contribution is 0.0897. The molecule has 6 heteroatoms. The molecule has 0 saturated heterocycles. The normalized spacial score (nSPS) is 18.3. The highest BCUT2D eigenvalue weighted by molar-refractivity contribution is 5.27. The van der Waals surface area contributed by atoms with E-state index < -0.39 is 0 Å². The van der Waals surface area contributed by atoms with Gasteiger partial charge in [-0.3, -0.25) is 0 Å². The first-order valence-corrected chi connectivity index (χ1v) is 7.73. The number of hydrogen-bond donors (Lipinski definition) is 1. The summed E-state index contributed by atoms with van der Waals surface area (Å²) in [5.41, 5.74) is 0.421. The lowest BCUT2D eigenvalue weighted by Crippen LogP contribution is -2.29. The van der Waals surface area contributed by atoms with E-state index >= 15 is 0 Å². The van der Waals surface area contributed by atoms with Crippen LogP contribution in [0.5, 0.6) is 12.0 Å². The molecule has 1 aliphatic rings. The summed E-state index contributed by atoms with van der Waals surface area (Å²) in [6.45, 7) is 7.51. The Morgan fingerprint density at radius 1 is 1.14 bits per heavy atom. The molecule has 1 saturated carbocycles. The minimum absolute atomic E-state index is 0.184. The van der Waals surface area contributed by atoms with Crippen LogP contribution in [-0.2, 0) is 0 Å². The maximum Gasteiger partial charge on any atom is 0.324 e. The van der Waals surface area contributed by atoms with Gasteiger partial charge in [0.1, 0.15) is 6.10 Å². The van der Waals surface area contributed by atoms with Crippen molar-refractivity contribution in [3.05, 3.63) is 0 Å². The molecule has 21 heavy (non-hydrogen) atoms. The van der Waals surface area contributed by atoms with E-state index in [0.29, 0.717) is 17.4 Å².